The van der Waals surface area contributed by atoms with E-state index in [0.29, 0.717) is 5.13 Å². The van der Waals surface area contributed by atoms with E-state index in [-0.39, 0.29) is 11.7 Å². The Morgan fingerprint density at radius 3 is 2.62 bits per heavy atom. The normalized spacial score (nSPS) is 34.0. The van der Waals surface area contributed by atoms with Crippen LogP contribution in [0.3, 0.4) is 0 Å². The molecule has 0 aliphatic heterocycles. The van der Waals surface area contributed by atoms with E-state index in [9.17, 15) is 9.59 Å². The van der Waals surface area contributed by atoms with E-state index in [2.05, 4.69) is 40.1 Å². The lowest BCUT2D eigenvalue weighted by molar-refractivity contribution is -0.130. The summed E-state index contributed by atoms with van der Waals surface area (Å²) in [5, 5.41) is 3.60. The van der Waals surface area contributed by atoms with E-state index < -0.39 is 21.1 Å². The van der Waals surface area contributed by atoms with Crippen LogP contribution in [0.15, 0.2) is 24.3 Å². The Morgan fingerprint density at radius 2 is 2.00 bits per heavy atom. The molecule has 2 bridgehead atoms. The number of halogens is 1. The monoisotopic (exact) mass is 406 g/mol. The number of carbonyl (C=O) groups excluding carboxylic acids is 2. The number of ketones is 1. The SMILES string of the molecule is CC1(C)[C@@]2(C)CC[C@@]1(C(=O)Nc1nc3ccccc3s1)[C@H](Br)C2=O. The molecule has 0 unspecified atom stereocenters. The fourth-order valence-corrected chi connectivity index (χ4v) is 6.96. The minimum absolute atomic E-state index is 0.0944. The fourth-order valence-electron chi connectivity index (χ4n) is 4.59. The van der Waals surface area contributed by atoms with Gasteiger partial charge in [-0.05, 0) is 30.4 Å². The highest BCUT2D eigenvalue weighted by molar-refractivity contribution is 9.10. The molecule has 2 aliphatic carbocycles. The molecule has 1 amide bonds. The van der Waals surface area contributed by atoms with Crippen molar-refractivity contribution in [3.8, 4) is 0 Å². The molecule has 0 spiro atoms. The number of alkyl halides is 1. The first-order valence-corrected chi connectivity index (χ1v) is 9.83. The summed E-state index contributed by atoms with van der Waals surface area (Å²) in [4.78, 5) is 30.1. The van der Waals surface area contributed by atoms with Crippen LogP contribution in [0.5, 0.6) is 0 Å². The van der Waals surface area contributed by atoms with Crippen LogP contribution < -0.4 is 5.32 Å². The van der Waals surface area contributed by atoms with Gasteiger partial charge in [0.15, 0.2) is 10.9 Å². The van der Waals surface area contributed by atoms with E-state index in [0.717, 1.165) is 23.1 Å². The third-order valence-electron chi connectivity index (χ3n) is 6.64. The molecule has 1 aromatic carbocycles. The van der Waals surface area contributed by atoms with Gasteiger partial charge in [0.05, 0.1) is 20.5 Å². The number of aromatic nitrogens is 1. The summed E-state index contributed by atoms with van der Waals surface area (Å²) in [6, 6.07) is 7.81. The maximum Gasteiger partial charge on any atom is 0.234 e. The molecule has 1 N–H and O–H groups in total. The van der Waals surface area contributed by atoms with Crippen LogP contribution in [-0.4, -0.2) is 21.5 Å². The number of hydrogen-bond acceptors (Lipinski definition) is 4. The van der Waals surface area contributed by atoms with E-state index in [4.69, 9.17) is 0 Å². The quantitative estimate of drug-likeness (QED) is 0.751. The van der Waals surface area contributed by atoms with Crippen molar-refractivity contribution in [2.24, 2.45) is 16.2 Å². The third-order valence-corrected chi connectivity index (χ3v) is 8.79. The minimum Gasteiger partial charge on any atom is -0.301 e. The Labute approximate surface area is 153 Å². The zero-order chi connectivity index (χ0) is 17.3. The summed E-state index contributed by atoms with van der Waals surface area (Å²) < 4.78 is 1.04. The summed E-state index contributed by atoms with van der Waals surface area (Å²) in [6.45, 7) is 6.11. The van der Waals surface area contributed by atoms with Gasteiger partial charge in [0.25, 0.3) is 0 Å². The molecule has 4 rings (SSSR count). The van der Waals surface area contributed by atoms with Crippen LogP contribution in [-0.2, 0) is 9.59 Å². The van der Waals surface area contributed by atoms with Crippen molar-refractivity contribution < 1.29 is 9.59 Å². The van der Waals surface area contributed by atoms with Gasteiger partial charge in [-0.15, -0.1) is 0 Å². The number of nitrogens with one attached hydrogen (secondary N) is 1. The van der Waals surface area contributed by atoms with Crippen LogP contribution >= 0.6 is 27.3 Å². The van der Waals surface area contributed by atoms with Crippen LogP contribution in [0.25, 0.3) is 10.2 Å². The molecule has 2 aromatic rings. The molecule has 3 atom stereocenters. The topological polar surface area (TPSA) is 59.1 Å². The predicted molar refractivity (Wildman–Crippen MR) is 99.5 cm³/mol. The molecule has 1 aromatic heterocycles. The first-order valence-electron chi connectivity index (χ1n) is 8.09. The number of nitrogens with zero attached hydrogens (tertiary/aromatic N) is 1. The molecule has 0 saturated heterocycles. The number of benzene rings is 1. The van der Waals surface area contributed by atoms with Crippen LogP contribution in [0.2, 0.25) is 0 Å². The zero-order valence-corrected chi connectivity index (χ0v) is 16.3. The lowest BCUT2D eigenvalue weighted by Crippen LogP contribution is -2.47. The number of anilines is 1. The van der Waals surface area contributed by atoms with E-state index in [1.54, 1.807) is 0 Å². The van der Waals surface area contributed by atoms with Crippen molar-refractivity contribution in [3.63, 3.8) is 0 Å². The number of Topliss-reactive ketones (excluding diaryl/α,β-unsaturated/α-hetero) is 1. The third kappa shape index (κ3) is 1.71. The molecule has 2 saturated carbocycles. The highest BCUT2D eigenvalue weighted by atomic mass is 79.9. The van der Waals surface area contributed by atoms with Crippen molar-refractivity contribution in [1.29, 1.82) is 0 Å². The standard InChI is InChI=1S/C18H19BrN2O2S/c1-16(2)17(3)8-9-18(16,12(19)13(17)22)14(23)21-15-20-10-6-4-5-7-11(10)24-15/h4-7,12H,8-9H2,1-3H3,(H,20,21,23)/t12-,17+,18+/m1/s1. The number of rotatable bonds is 2. The van der Waals surface area contributed by atoms with Crippen molar-refractivity contribution in [1.82, 2.24) is 4.98 Å². The molecule has 2 aliphatic rings. The summed E-state index contributed by atoms with van der Waals surface area (Å²) in [7, 11) is 0. The van der Waals surface area contributed by atoms with Crippen LogP contribution in [0.4, 0.5) is 5.13 Å². The number of para-hydroxylation sites is 1. The Morgan fingerprint density at radius 1 is 1.29 bits per heavy atom. The Balaban J connectivity index is 1.72. The highest BCUT2D eigenvalue weighted by Crippen LogP contribution is 2.72. The summed E-state index contributed by atoms with van der Waals surface area (Å²) in [5.74, 6) is 0.0567. The van der Waals surface area contributed by atoms with Crippen molar-refractivity contribution >= 4 is 54.3 Å². The highest BCUT2D eigenvalue weighted by Gasteiger charge is 2.76. The molecule has 126 valence electrons. The maximum absolute atomic E-state index is 13.3. The Hall–Kier alpha value is -1.27. The Kier molecular flexibility index (Phi) is 3.30. The number of fused-ring (bicyclic) bond motifs is 3. The molecule has 6 heteroatoms. The maximum atomic E-state index is 13.3. The smallest absolute Gasteiger partial charge is 0.234 e. The van der Waals surface area contributed by atoms with Gasteiger partial charge in [0, 0.05) is 5.41 Å². The zero-order valence-electron chi connectivity index (χ0n) is 13.9. The lowest BCUT2D eigenvalue weighted by atomic mass is 9.64. The van der Waals surface area contributed by atoms with Gasteiger partial charge in [-0.2, -0.15) is 0 Å². The van der Waals surface area contributed by atoms with Crippen LogP contribution in [0.1, 0.15) is 33.6 Å². The number of hydrogen-bond donors (Lipinski definition) is 1. The first-order chi connectivity index (χ1) is 11.2. The fraction of sp³-hybridized carbons (Fsp3) is 0.500. The van der Waals surface area contributed by atoms with Gasteiger partial charge in [-0.25, -0.2) is 4.98 Å². The molecular formula is C18H19BrN2O2S. The van der Waals surface area contributed by atoms with Gasteiger partial charge < -0.3 is 5.32 Å². The average Bonchev–Trinajstić information content (AvgIpc) is 3.06. The van der Waals surface area contributed by atoms with Gasteiger partial charge >= 0.3 is 0 Å². The molecule has 2 fully saturated rings. The molecule has 4 nitrogen and oxygen atoms in total. The number of carbonyl (C=O) groups is 2. The number of thiazole rings is 1. The van der Waals surface area contributed by atoms with Crippen LogP contribution in [0, 0.1) is 16.2 Å². The minimum atomic E-state index is -0.726. The van der Waals surface area contributed by atoms with Gasteiger partial charge in [0.1, 0.15) is 0 Å². The molecular weight excluding hydrogens is 388 g/mol. The van der Waals surface area contributed by atoms with Crippen molar-refractivity contribution in [3.05, 3.63) is 24.3 Å². The van der Waals surface area contributed by atoms with Gasteiger partial charge in [-0.3, -0.25) is 9.59 Å². The summed E-state index contributed by atoms with van der Waals surface area (Å²) in [6.07, 6.45) is 1.48. The summed E-state index contributed by atoms with van der Waals surface area (Å²) in [5.41, 5.74) is -0.696. The summed E-state index contributed by atoms with van der Waals surface area (Å²) >= 11 is 5.02. The Bertz CT molecular complexity index is 844. The van der Waals surface area contributed by atoms with E-state index >= 15 is 0 Å². The predicted octanol–water partition coefficient (Wildman–Crippen LogP) is 4.39. The second-order valence-corrected chi connectivity index (χ2v) is 9.54. The van der Waals surface area contributed by atoms with E-state index in [1.807, 2.05) is 31.2 Å². The van der Waals surface area contributed by atoms with Crippen molar-refractivity contribution in [2.75, 3.05) is 5.32 Å². The van der Waals surface area contributed by atoms with Crippen molar-refractivity contribution in [2.45, 2.75) is 38.4 Å². The first kappa shape index (κ1) is 16.2. The largest absolute Gasteiger partial charge is 0.301 e. The molecule has 0 radical (unpaired) electrons. The average molecular weight is 407 g/mol. The van der Waals surface area contributed by atoms with Gasteiger partial charge in [0.2, 0.25) is 5.91 Å². The lowest BCUT2D eigenvalue weighted by Gasteiger charge is -2.39. The second kappa shape index (κ2) is 4.88. The molecule has 24 heavy (non-hydrogen) atoms. The van der Waals surface area contributed by atoms with Gasteiger partial charge in [-0.1, -0.05) is 60.2 Å². The van der Waals surface area contributed by atoms with E-state index in [1.165, 1.54) is 11.3 Å². The molecule has 1 heterocycles. The number of amides is 1. The second-order valence-electron chi connectivity index (χ2n) is 7.60.